The molecule has 0 spiro atoms. The van der Waals surface area contributed by atoms with Crippen LogP contribution in [0.3, 0.4) is 0 Å². The van der Waals surface area contributed by atoms with Gasteiger partial charge in [0.05, 0.1) is 0 Å². The van der Waals surface area contributed by atoms with Crippen molar-refractivity contribution in [3.63, 3.8) is 0 Å². The highest BCUT2D eigenvalue weighted by Gasteiger charge is 2.14. The molecule has 1 amide bonds. The fourth-order valence-corrected chi connectivity index (χ4v) is 0.671. The number of amides is 1. The van der Waals surface area contributed by atoms with Crippen LogP contribution >= 0.6 is 0 Å². The number of carbonyl (C=O) groups is 1. The first-order valence-corrected chi connectivity index (χ1v) is 3.38. The van der Waals surface area contributed by atoms with Crippen LogP contribution in [0.1, 0.15) is 0 Å². The monoisotopic (exact) mass is 185 g/mol. The van der Waals surface area contributed by atoms with Crippen LogP contribution < -0.4 is 5.32 Å². The molecule has 0 bridgehead atoms. The Morgan fingerprint density at radius 1 is 1.85 bits per heavy atom. The summed E-state index contributed by atoms with van der Waals surface area (Å²) < 4.78 is 1.09. The zero-order valence-corrected chi connectivity index (χ0v) is 6.80. The fraction of sp³-hybridized carbons (Fsp3) is 0.400. The lowest BCUT2D eigenvalue weighted by atomic mass is 10.6. The first-order chi connectivity index (χ1) is 6.13. The van der Waals surface area contributed by atoms with Gasteiger partial charge in [-0.2, -0.15) is 4.68 Å². The molecule has 1 rings (SSSR count). The predicted molar refractivity (Wildman–Crippen MR) is 40.7 cm³/mol. The number of nitrogens with one attached hydrogen (secondary N) is 1. The Kier molecular flexibility index (Phi) is 2.52. The highest BCUT2D eigenvalue weighted by molar-refractivity contribution is 5.75. The fourth-order valence-electron chi connectivity index (χ4n) is 0.671. The summed E-state index contributed by atoms with van der Waals surface area (Å²) in [5.74, 6) is -0.802. The molecule has 0 aliphatic rings. The maximum Gasteiger partial charge on any atom is 0.490 e. The lowest BCUT2D eigenvalue weighted by Gasteiger charge is -1.93. The second-order valence-corrected chi connectivity index (χ2v) is 2.17. The van der Waals surface area contributed by atoms with Gasteiger partial charge >= 0.3 is 5.95 Å². The molecule has 0 radical (unpaired) electrons. The molecule has 1 aromatic heterocycles. The molecule has 0 aliphatic carbocycles. The van der Waals surface area contributed by atoms with Gasteiger partial charge in [0.1, 0.15) is 6.54 Å². The molecule has 8 heteroatoms. The molecule has 0 saturated carbocycles. The minimum Gasteiger partial charge on any atom is -0.390 e. The van der Waals surface area contributed by atoms with E-state index < -0.39 is 10.9 Å². The van der Waals surface area contributed by atoms with E-state index in [2.05, 4.69) is 15.4 Å². The predicted octanol–water partition coefficient (Wildman–Crippen LogP) is -1.07. The molecule has 70 valence electrons. The third kappa shape index (κ3) is 2.22. The second-order valence-electron chi connectivity index (χ2n) is 2.17. The number of hydrogen-bond donors (Lipinski definition) is 1. The first kappa shape index (κ1) is 9.10. The highest BCUT2D eigenvalue weighted by Crippen LogP contribution is 1.98. The molecule has 0 fully saturated rings. The van der Waals surface area contributed by atoms with Gasteiger partial charge in [-0.3, -0.25) is 4.79 Å². The largest absolute Gasteiger partial charge is 0.490 e. The van der Waals surface area contributed by atoms with Gasteiger partial charge in [0.25, 0.3) is 0 Å². The van der Waals surface area contributed by atoms with Gasteiger partial charge in [-0.1, -0.05) is 4.98 Å². The molecule has 0 aliphatic heterocycles. The van der Waals surface area contributed by atoms with Crippen molar-refractivity contribution in [1.29, 1.82) is 0 Å². The van der Waals surface area contributed by atoms with E-state index in [4.69, 9.17) is 0 Å². The van der Waals surface area contributed by atoms with Crippen molar-refractivity contribution in [2.75, 3.05) is 7.05 Å². The number of hydrogen-bond acceptors (Lipinski definition) is 5. The molecular formula is C5H7N5O3. The Morgan fingerprint density at radius 3 is 3.00 bits per heavy atom. The Balaban J connectivity index is 2.69. The Hall–Kier alpha value is -1.99. The number of likely N-dealkylation sites (N-methyl/N-ethyl adjacent to an activating group) is 1. The Bertz CT molecular complexity index is 333. The zero-order valence-electron chi connectivity index (χ0n) is 6.80. The van der Waals surface area contributed by atoms with Crippen molar-refractivity contribution in [3.05, 3.63) is 16.4 Å². The third-order valence-electron chi connectivity index (χ3n) is 1.27. The van der Waals surface area contributed by atoms with Gasteiger partial charge < -0.3 is 15.4 Å². The van der Waals surface area contributed by atoms with Crippen LogP contribution in [0.4, 0.5) is 5.95 Å². The molecule has 13 heavy (non-hydrogen) atoms. The van der Waals surface area contributed by atoms with Gasteiger partial charge in [0.2, 0.25) is 12.2 Å². The van der Waals surface area contributed by atoms with Crippen LogP contribution in [0.25, 0.3) is 0 Å². The molecule has 0 aromatic carbocycles. The maximum absolute atomic E-state index is 10.8. The topological polar surface area (TPSA) is 103 Å². The van der Waals surface area contributed by atoms with Crippen LogP contribution in [-0.2, 0) is 11.3 Å². The van der Waals surface area contributed by atoms with E-state index in [1.165, 1.54) is 7.05 Å². The van der Waals surface area contributed by atoms with Gasteiger partial charge in [0, 0.05) is 12.1 Å². The Morgan fingerprint density at radius 2 is 2.54 bits per heavy atom. The number of aromatic nitrogens is 3. The quantitative estimate of drug-likeness (QED) is 0.477. The normalized spacial score (nSPS) is 9.62. The van der Waals surface area contributed by atoms with Crippen molar-refractivity contribution in [2.24, 2.45) is 0 Å². The number of nitrogens with zero attached hydrogens (tertiary/aromatic N) is 4. The molecular weight excluding hydrogens is 178 g/mol. The molecule has 0 unspecified atom stereocenters. The van der Waals surface area contributed by atoms with E-state index in [0.717, 1.165) is 11.0 Å². The molecule has 1 aromatic rings. The maximum atomic E-state index is 10.8. The molecule has 1 N–H and O–H groups in total. The van der Waals surface area contributed by atoms with Crippen molar-refractivity contribution < 1.29 is 9.72 Å². The van der Waals surface area contributed by atoms with E-state index in [1.807, 2.05) is 0 Å². The molecule has 8 nitrogen and oxygen atoms in total. The summed E-state index contributed by atoms with van der Waals surface area (Å²) in [5, 5.41) is 15.9. The highest BCUT2D eigenvalue weighted by atomic mass is 16.6. The standard InChI is InChI=1S/C5H7N5O3/c1-6-4(11)2-9-3-7-5(8-9)10(12)13/h3H,2H2,1H3,(H,6,11). The van der Waals surface area contributed by atoms with E-state index in [-0.39, 0.29) is 12.5 Å². The van der Waals surface area contributed by atoms with Crippen LogP contribution in [0.2, 0.25) is 0 Å². The van der Waals surface area contributed by atoms with Crippen LogP contribution in [0.5, 0.6) is 0 Å². The van der Waals surface area contributed by atoms with Crippen LogP contribution in [0.15, 0.2) is 6.33 Å². The van der Waals surface area contributed by atoms with Crippen molar-refractivity contribution in [1.82, 2.24) is 20.1 Å². The zero-order chi connectivity index (χ0) is 9.84. The minimum atomic E-state index is -0.722. The van der Waals surface area contributed by atoms with Gasteiger partial charge in [-0.25, -0.2) is 0 Å². The molecule has 0 saturated heterocycles. The summed E-state index contributed by atoms with van der Waals surface area (Å²) in [6.07, 6.45) is 1.13. The average molecular weight is 185 g/mol. The van der Waals surface area contributed by atoms with E-state index in [9.17, 15) is 14.9 Å². The van der Waals surface area contributed by atoms with Crippen molar-refractivity contribution in [3.8, 4) is 0 Å². The summed E-state index contributed by atoms with van der Waals surface area (Å²) in [4.78, 5) is 23.6. The molecule has 0 atom stereocenters. The van der Waals surface area contributed by atoms with Gasteiger partial charge in [0.15, 0.2) is 0 Å². The van der Waals surface area contributed by atoms with Crippen LogP contribution in [0, 0.1) is 10.1 Å². The van der Waals surface area contributed by atoms with E-state index >= 15 is 0 Å². The van der Waals surface area contributed by atoms with Crippen molar-refractivity contribution in [2.45, 2.75) is 6.54 Å². The first-order valence-electron chi connectivity index (χ1n) is 3.38. The summed E-state index contributed by atoms with van der Waals surface area (Å²) in [5.41, 5.74) is 0. The average Bonchev–Trinajstić information content (AvgIpc) is 2.52. The summed E-state index contributed by atoms with van der Waals surface area (Å²) >= 11 is 0. The number of nitro groups is 1. The lowest BCUT2D eigenvalue weighted by molar-refractivity contribution is -0.394. The molecule has 1 heterocycles. The third-order valence-corrected chi connectivity index (χ3v) is 1.27. The van der Waals surface area contributed by atoms with Crippen LogP contribution in [-0.4, -0.2) is 32.6 Å². The SMILES string of the molecule is CNC(=O)Cn1cnc([N+](=O)[O-])n1. The van der Waals surface area contributed by atoms with E-state index in [1.54, 1.807) is 0 Å². The van der Waals surface area contributed by atoms with E-state index in [0.29, 0.717) is 0 Å². The van der Waals surface area contributed by atoms with Crippen molar-refractivity contribution >= 4 is 11.9 Å². The summed E-state index contributed by atoms with van der Waals surface area (Å²) in [6.45, 7) is -0.0721. The van der Waals surface area contributed by atoms with Gasteiger partial charge in [-0.05, 0) is 4.92 Å². The Labute approximate surface area is 72.7 Å². The number of rotatable bonds is 3. The lowest BCUT2D eigenvalue weighted by Crippen LogP contribution is -2.23. The summed E-state index contributed by atoms with van der Waals surface area (Å²) in [7, 11) is 1.47. The minimum absolute atomic E-state index is 0.0721. The smallest absolute Gasteiger partial charge is 0.390 e. The second kappa shape index (κ2) is 3.61. The number of carbonyl (C=O) groups excluding carboxylic acids is 1. The summed E-state index contributed by atoms with van der Waals surface area (Å²) in [6, 6.07) is 0. The van der Waals surface area contributed by atoms with Gasteiger partial charge in [-0.15, -0.1) is 0 Å².